The molecule has 1 aliphatic carbocycles. The number of hydrogen-bond acceptors (Lipinski definition) is 4. The Morgan fingerprint density at radius 1 is 1.14 bits per heavy atom. The number of aromatic nitrogens is 3. The molecule has 0 spiro atoms. The summed E-state index contributed by atoms with van der Waals surface area (Å²) in [5.41, 5.74) is 1.05. The fourth-order valence-electron chi connectivity index (χ4n) is 2.44. The Labute approximate surface area is 131 Å². The molecule has 110 valence electrons. The van der Waals surface area contributed by atoms with Gasteiger partial charge in [0.15, 0.2) is 5.60 Å². The molecular weight excluding hydrogens is 302 g/mol. The van der Waals surface area contributed by atoms with Gasteiger partial charge in [-0.25, -0.2) is 0 Å². The highest BCUT2D eigenvalue weighted by Gasteiger charge is 2.55. The highest BCUT2D eigenvalue weighted by molar-refractivity contribution is 6.34. The summed E-state index contributed by atoms with van der Waals surface area (Å²) in [5.74, 6) is -0.113. The molecule has 0 radical (unpaired) electrons. The lowest BCUT2D eigenvalue weighted by atomic mass is 10.1. The first-order valence-electron chi connectivity index (χ1n) is 6.99. The van der Waals surface area contributed by atoms with Gasteiger partial charge >= 0.3 is 0 Å². The van der Waals surface area contributed by atoms with Gasteiger partial charge in [-0.3, -0.25) is 4.79 Å². The van der Waals surface area contributed by atoms with E-state index in [-0.39, 0.29) is 5.78 Å². The number of para-hydroxylation sites is 1. The van der Waals surface area contributed by atoms with Crippen LogP contribution in [0.25, 0.3) is 11.0 Å². The molecule has 6 heteroatoms. The van der Waals surface area contributed by atoms with Gasteiger partial charge in [-0.15, -0.1) is 5.10 Å². The van der Waals surface area contributed by atoms with E-state index in [0.29, 0.717) is 23.4 Å². The highest BCUT2D eigenvalue weighted by atomic mass is 35.5. The van der Waals surface area contributed by atoms with E-state index in [4.69, 9.17) is 16.4 Å². The van der Waals surface area contributed by atoms with Crippen LogP contribution < -0.4 is 4.84 Å². The van der Waals surface area contributed by atoms with Gasteiger partial charge in [0.2, 0.25) is 5.78 Å². The van der Waals surface area contributed by atoms with Gasteiger partial charge in [0.05, 0.1) is 5.02 Å². The SMILES string of the molecule is O=C(c1ccccc1Cl)C1(On2nnc3ccccc32)CC1. The number of benzene rings is 2. The van der Waals surface area contributed by atoms with E-state index in [1.54, 1.807) is 24.3 Å². The quantitative estimate of drug-likeness (QED) is 0.695. The van der Waals surface area contributed by atoms with Gasteiger partial charge in [-0.1, -0.05) is 40.7 Å². The van der Waals surface area contributed by atoms with Crippen molar-refractivity contribution in [1.82, 2.24) is 15.2 Å². The van der Waals surface area contributed by atoms with Crippen molar-refractivity contribution >= 4 is 28.4 Å². The Hall–Kier alpha value is -2.40. The normalized spacial score (nSPS) is 15.7. The van der Waals surface area contributed by atoms with Crippen LogP contribution in [0.5, 0.6) is 0 Å². The zero-order chi connectivity index (χ0) is 15.2. The van der Waals surface area contributed by atoms with Crippen molar-refractivity contribution < 1.29 is 9.63 Å². The van der Waals surface area contributed by atoms with Crippen LogP contribution in [0.15, 0.2) is 48.5 Å². The van der Waals surface area contributed by atoms with Crippen molar-refractivity contribution in [3.05, 3.63) is 59.1 Å². The minimum absolute atomic E-state index is 0.113. The summed E-state index contributed by atoms with van der Waals surface area (Å²) in [5, 5.41) is 8.45. The number of nitrogens with zero attached hydrogens (tertiary/aromatic N) is 3. The molecule has 0 bridgehead atoms. The molecule has 0 N–H and O–H groups in total. The first-order chi connectivity index (χ1) is 10.7. The van der Waals surface area contributed by atoms with Crippen LogP contribution in [0.2, 0.25) is 5.02 Å². The molecule has 0 unspecified atom stereocenters. The molecule has 22 heavy (non-hydrogen) atoms. The first kappa shape index (κ1) is 13.3. The third-order valence-corrected chi connectivity index (χ3v) is 4.15. The second-order valence-corrected chi connectivity index (χ2v) is 5.75. The minimum atomic E-state index is -0.887. The topological polar surface area (TPSA) is 57.0 Å². The van der Waals surface area contributed by atoms with E-state index in [2.05, 4.69) is 10.3 Å². The Balaban J connectivity index is 1.68. The zero-order valence-electron chi connectivity index (χ0n) is 11.6. The van der Waals surface area contributed by atoms with Gasteiger partial charge in [0.25, 0.3) is 0 Å². The lowest BCUT2D eigenvalue weighted by Gasteiger charge is -2.16. The lowest BCUT2D eigenvalue weighted by molar-refractivity contribution is 0.00769. The van der Waals surface area contributed by atoms with Crippen molar-refractivity contribution in [2.45, 2.75) is 18.4 Å². The van der Waals surface area contributed by atoms with Crippen LogP contribution in [-0.2, 0) is 0 Å². The second-order valence-electron chi connectivity index (χ2n) is 5.35. The minimum Gasteiger partial charge on any atom is -0.380 e. The van der Waals surface area contributed by atoms with E-state index < -0.39 is 5.60 Å². The summed E-state index contributed by atoms with van der Waals surface area (Å²) in [6.07, 6.45) is 1.29. The standard InChI is InChI=1S/C16H12ClN3O2/c17-12-6-2-1-5-11(12)15(21)16(9-10-16)22-20-14-8-4-3-7-13(14)18-19-20/h1-8H,9-10H2. The fraction of sp³-hybridized carbons (Fsp3) is 0.188. The number of fused-ring (bicyclic) bond motifs is 1. The van der Waals surface area contributed by atoms with Gasteiger partial charge in [0.1, 0.15) is 11.0 Å². The number of Topliss-reactive ketones (excluding diaryl/α,β-unsaturated/α-hetero) is 1. The highest BCUT2D eigenvalue weighted by Crippen LogP contribution is 2.41. The van der Waals surface area contributed by atoms with Gasteiger partial charge in [-0.05, 0) is 29.5 Å². The summed E-state index contributed by atoms with van der Waals surface area (Å²) in [6, 6.07) is 14.5. The van der Waals surface area contributed by atoms with E-state index in [0.717, 1.165) is 11.0 Å². The molecule has 2 aromatic carbocycles. The number of halogens is 1. The number of carbonyl (C=O) groups excluding carboxylic acids is 1. The first-order valence-corrected chi connectivity index (χ1v) is 7.37. The second kappa shape index (κ2) is 4.81. The van der Waals surface area contributed by atoms with E-state index in [1.807, 2.05) is 24.3 Å². The summed E-state index contributed by atoms with van der Waals surface area (Å²) in [4.78, 5) is 19.9. The van der Waals surface area contributed by atoms with Crippen molar-refractivity contribution in [2.75, 3.05) is 0 Å². The number of hydrogen-bond donors (Lipinski definition) is 0. The number of rotatable bonds is 4. The van der Waals surface area contributed by atoms with Crippen LogP contribution in [0.4, 0.5) is 0 Å². The predicted molar refractivity (Wildman–Crippen MR) is 81.9 cm³/mol. The lowest BCUT2D eigenvalue weighted by Crippen LogP contribution is -2.36. The number of ketones is 1. The molecule has 1 heterocycles. The molecule has 1 aliphatic rings. The third kappa shape index (κ3) is 2.05. The van der Waals surface area contributed by atoms with Crippen molar-refractivity contribution in [2.24, 2.45) is 0 Å². The molecule has 0 amide bonds. The predicted octanol–water partition coefficient (Wildman–Crippen LogP) is 2.93. The van der Waals surface area contributed by atoms with Crippen molar-refractivity contribution in [3.63, 3.8) is 0 Å². The molecule has 0 atom stereocenters. The largest absolute Gasteiger partial charge is 0.380 e. The van der Waals surface area contributed by atoms with Crippen molar-refractivity contribution in [1.29, 1.82) is 0 Å². The average molecular weight is 314 g/mol. The molecule has 4 rings (SSSR count). The molecule has 5 nitrogen and oxygen atoms in total. The molecule has 0 aliphatic heterocycles. The Bertz CT molecular complexity index is 870. The Kier molecular flexibility index (Phi) is 2.90. The monoisotopic (exact) mass is 313 g/mol. The Morgan fingerprint density at radius 2 is 1.86 bits per heavy atom. The smallest absolute Gasteiger partial charge is 0.210 e. The van der Waals surface area contributed by atoms with Gasteiger partial charge < -0.3 is 4.84 Å². The van der Waals surface area contributed by atoms with Crippen LogP contribution in [-0.4, -0.2) is 26.5 Å². The Morgan fingerprint density at radius 3 is 2.64 bits per heavy atom. The fourth-order valence-corrected chi connectivity index (χ4v) is 2.67. The molecule has 1 aromatic heterocycles. The van der Waals surface area contributed by atoms with Crippen LogP contribution in [0.3, 0.4) is 0 Å². The molecule has 3 aromatic rings. The molecule has 0 saturated heterocycles. The average Bonchev–Trinajstić information content (AvgIpc) is 3.22. The summed E-state index contributed by atoms with van der Waals surface area (Å²) in [6.45, 7) is 0. The number of carbonyl (C=O) groups is 1. The van der Waals surface area contributed by atoms with Crippen LogP contribution in [0.1, 0.15) is 23.2 Å². The maximum absolute atomic E-state index is 12.7. The third-order valence-electron chi connectivity index (χ3n) is 3.82. The zero-order valence-corrected chi connectivity index (χ0v) is 12.3. The summed E-state index contributed by atoms with van der Waals surface area (Å²) < 4.78 is 0. The van der Waals surface area contributed by atoms with Gasteiger partial charge in [0, 0.05) is 18.4 Å². The van der Waals surface area contributed by atoms with Crippen molar-refractivity contribution in [3.8, 4) is 0 Å². The van der Waals surface area contributed by atoms with E-state index in [9.17, 15) is 4.79 Å². The van der Waals surface area contributed by atoms with Crippen LogP contribution >= 0.6 is 11.6 Å². The molecular formula is C16H12ClN3O2. The van der Waals surface area contributed by atoms with E-state index >= 15 is 0 Å². The molecule has 1 fully saturated rings. The van der Waals surface area contributed by atoms with E-state index in [1.165, 1.54) is 4.85 Å². The molecule has 1 saturated carbocycles. The van der Waals surface area contributed by atoms with Gasteiger partial charge in [-0.2, -0.15) is 0 Å². The van der Waals surface area contributed by atoms with Crippen LogP contribution in [0, 0.1) is 0 Å². The maximum atomic E-state index is 12.7. The summed E-state index contributed by atoms with van der Waals surface area (Å²) >= 11 is 6.12. The maximum Gasteiger partial charge on any atom is 0.210 e. The summed E-state index contributed by atoms with van der Waals surface area (Å²) in [7, 11) is 0.